The summed E-state index contributed by atoms with van der Waals surface area (Å²) < 4.78 is 0. The van der Waals surface area contributed by atoms with Crippen molar-refractivity contribution in [2.45, 2.75) is 13.8 Å². The first kappa shape index (κ1) is 9.06. The van der Waals surface area contributed by atoms with Gasteiger partial charge in [-0.1, -0.05) is 13.8 Å². The molecule has 0 saturated carbocycles. The molecule has 0 fully saturated rings. The van der Waals surface area contributed by atoms with E-state index in [4.69, 9.17) is 0 Å². The van der Waals surface area contributed by atoms with Gasteiger partial charge in [0.15, 0.2) is 5.82 Å². The van der Waals surface area contributed by atoms with E-state index >= 15 is 0 Å². The Hall–Kier alpha value is -1.51. The summed E-state index contributed by atoms with van der Waals surface area (Å²) in [7, 11) is 0. The van der Waals surface area contributed by atoms with Crippen molar-refractivity contribution in [3.8, 4) is 0 Å². The van der Waals surface area contributed by atoms with Crippen molar-refractivity contribution in [2.24, 2.45) is 16.1 Å². The second-order valence-electron chi connectivity index (χ2n) is 3.69. The van der Waals surface area contributed by atoms with E-state index in [1.807, 2.05) is 12.1 Å². The lowest BCUT2D eigenvalue weighted by molar-refractivity contribution is 0.746. The van der Waals surface area contributed by atoms with Crippen LogP contribution in [0.1, 0.15) is 19.4 Å². The maximum atomic E-state index is 4.17. The summed E-state index contributed by atoms with van der Waals surface area (Å²) in [6.07, 6.45) is 3.89. The monoisotopic (exact) mass is 187 g/mol. The van der Waals surface area contributed by atoms with Crippen LogP contribution in [0.25, 0.3) is 6.08 Å². The number of azo groups is 1. The van der Waals surface area contributed by atoms with E-state index in [-0.39, 0.29) is 0 Å². The number of rotatable bonds is 1. The standard InChI is InChI=1S/C11H13N3/c1-8(2)10-6-9-4-3-5-12-11(9)14-13-7-10/h3-6,8H,7H2,1-2H3. The molecule has 0 bridgehead atoms. The Morgan fingerprint density at radius 3 is 3.00 bits per heavy atom. The van der Waals surface area contributed by atoms with Gasteiger partial charge in [0.1, 0.15) is 0 Å². The molecule has 72 valence electrons. The molecule has 0 atom stereocenters. The zero-order valence-electron chi connectivity index (χ0n) is 8.44. The molecular formula is C11H13N3. The Kier molecular flexibility index (Phi) is 2.39. The number of fused-ring (bicyclic) bond motifs is 1. The van der Waals surface area contributed by atoms with E-state index in [0.717, 1.165) is 11.4 Å². The third kappa shape index (κ3) is 1.71. The zero-order valence-corrected chi connectivity index (χ0v) is 8.44. The predicted octanol–water partition coefficient (Wildman–Crippen LogP) is 3.22. The van der Waals surface area contributed by atoms with E-state index in [9.17, 15) is 0 Å². The quantitative estimate of drug-likeness (QED) is 0.665. The predicted molar refractivity (Wildman–Crippen MR) is 56.4 cm³/mol. The highest BCUT2D eigenvalue weighted by Crippen LogP contribution is 2.25. The highest BCUT2D eigenvalue weighted by Gasteiger charge is 2.08. The molecule has 0 N–H and O–H groups in total. The second-order valence-corrected chi connectivity index (χ2v) is 3.69. The van der Waals surface area contributed by atoms with Crippen LogP contribution in [0.15, 0.2) is 34.1 Å². The van der Waals surface area contributed by atoms with Crippen molar-refractivity contribution in [1.82, 2.24) is 4.98 Å². The van der Waals surface area contributed by atoms with E-state index in [0.29, 0.717) is 12.5 Å². The van der Waals surface area contributed by atoms with Gasteiger partial charge in [0.25, 0.3) is 0 Å². The molecular weight excluding hydrogens is 174 g/mol. The Labute approximate surface area is 83.6 Å². The third-order valence-corrected chi connectivity index (χ3v) is 2.32. The molecule has 14 heavy (non-hydrogen) atoms. The van der Waals surface area contributed by atoms with Gasteiger partial charge in [0.05, 0.1) is 6.54 Å². The average molecular weight is 187 g/mol. The first-order chi connectivity index (χ1) is 6.77. The van der Waals surface area contributed by atoms with Gasteiger partial charge >= 0.3 is 0 Å². The summed E-state index contributed by atoms with van der Waals surface area (Å²) in [5, 5.41) is 8.19. The minimum absolute atomic E-state index is 0.514. The largest absolute Gasteiger partial charge is 0.235 e. The highest BCUT2D eigenvalue weighted by molar-refractivity contribution is 5.63. The molecule has 3 nitrogen and oxygen atoms in total. The van der Waals surface area contributed by atoms with Crippen molar-refractivity contribution in [3.63, 3.8) is 0 Å². The molecule has 1 aliphatic rings. The Balaban J connectivity index is 2.47. The maximum Gasteiger partial charge on any atom is 0.181 e. The van der Waals surface area contributed by atoms with Crippen LogP contribution in [0.5, 0.6) is 0 Å². The van der Waals surface area contributed by atoms with Gasteiger partial charge in [-0.15, -0.1) is 5.11 Å². The smallest absolute Gasteiger partial charge is 0.181 e. The highest BCUT2D eigenvalue weighted by atomic mass is 15.1. The minimum Gasteiger partial charge on any atom is -0.235 e. The van der Waals surface area contributed by atoms with Crippen LogP contribution in [-0.4, -0.2) is 11.5 Å². The van der Waals surface area contributed by atoms with Crippen LogP contribution in [-0.2, 0) is 0 Å². The number of pyridine rings is 1. The summed E-state index contributed by atoms with van der Waals surface area (Å²) in [4.78, 5) is 4.17. The van der Waals surface area contributed by atoms with Crippen molar-refractivity contribution in [2.75, 3.05) is 6.54 Å². The van der Waals surface area contributed by atoms with Gasteiger partial charge in [-0.2, -0.15) is 5.11 Å². The van der Waals surface area contributed by atoms with Crippen molar-refractivity contribution < 1.29 is 0 Å². The van der Waals surface area contributed by atoms with Crippen LogP contribution in [0.2, 0.25) is 0 Å². The summed E-state index contributed by atoms with van der Waals surface area (Å²) >= 11 is 0. The second kappa shape index (κ2) is 3.70. The summed E-state index contributed by atoms with van der Waals surface area (Å²) in [6.45, 7) is 5.03. The fraction of sp³-hybridized carbons (Fsp3) is 0.364. The molecule has 0 amide bonds. The van der Waals surface area contributed by atoms with Crippen LogP contribution in [0.3, 0.4) is 0 Å². The SMILES string of the molecule is CC(C)C1=Cc2cccnc2N=NC1. The van der Waals surface area contributed by atoms with Crippen molar-refractivity contribution >= 4 is 11.9 Å². The first-order valence-corrected chi connectivity index (χ1v) is 4.80. The molecule has 1 aliphatic heterocycles. The lowest BCUT2D eigenvalue weighted by Crippen LogP contribution is -1.96. The van der Waals surface area contributed by atoms with Gasteiger partial charge in [-0.3, -0.25) is 0 Å². The number of hydrogen-bond donors (Lipinski definition) is 0. The molecule has 2 heterocycles. The molecule has 0 radical (unpaired) electrons. The normalized spacial score (nSPS) is 14.9. The number of hydrogen-bond acceptors (Lipinski definition) is 3. The summed E-state index contributed by atoms with van der Waals surface area (Å²) in [5.41, 5.74) is 2.37. The molecule has 2 rings (SSSR count). The fourth-order valence-corrected chi connectivity index (χ4v) is 1.38. The zero-order chi connectivity index (χ0) is 9.97. The Morgan fingerprint density at radius 2 is 2.21 bits per heavy atom. The van der Waals surface area contributed by atoms with Crippen LogP contribution in [0, 0.1) is 5.92 Å². The van der Waals surface area contributed by atoms with E-state index in [2.05, 4.69) is 35.1 Å². The van der Waals surface area contributed by atoms with E-state index in [1.54, 1.807) is 6.20 Å². The summed E-state index contributed by atoms with van der Waals surface area (Å²) in [5.74, 6) is 1.24. The lowest BCUT2D eigenvalue weighted by Gasteiger charge is -2.05. The van der Waals surface area contributed by atoms with E-state index < -0.39 is 0 Å². The average Bonchev–Trinajstić information content (AvgIpc) is 2.39. The fourth-order valence-electron chi connectivity index (χ4n) is 1.38. The molecule has 0 aliphatic carbocycles. The van der Waals surface area contributed by atoms with Crippen LogP contribution >= 0.6 is 0 Å². The summed E-state index contributed by atoms with van der Waals surface area (Å²) in [6, 6.07) is 3.95. The lowest BCUT2D eigenvalue weighted by atomic mass is 10.0. The molecule has 1 aromatic heterocycles. The Morgan fingerprint density at radius 1 is 1.36 bits per heavy atom. The van der Waals surface area contributed by atoms with Gasteiger partial charge in [0, 0.05) is 11.8 Å². The van der Waals surface area contributed by atoms with Gasteiger partial charge < -0.3 is 0 Å². The van der Waals surface area contributed by atoms with Crippen molar-refractivity contribution in [3.05, 3.63) is 29.5 Å². The maximum absolute atomic E-state index is 4.17. The minimum atomic E-state index is 0.514. The van der Waals surface area contributed by atoms with E-state index in [1.165, 1.54) is 5.57 Å². The molecule has 0 spiro atoms. The Bertz CT molecular complexity index is 391. The van der Waals surface area contributed by atoms with Gasteiger partial charge in [-0.05, 0) is 29.7 Å². The van der Waals surface area contributed by atoms with Gasteiger partial charge in [0.2, 0.25) is 0 Å². The van der Waals surface area contributed by atoms with Crippen molar-refractivity contribution in [1.29, 1.82) is 0 Å². The first-order valence-electron chi connectivity index (χ1n) is 4.80. The molecule has 0 unspecified atom stereocenters. The molecule has 0 saturated heterocycles. The van der Waals surface area contributed by atoms with Crippen LogP contribution in [0.4, 0.5) is 5.82 Å². The number of aromatic nitrogens is 1. The van der Waals surface area contributed by atoms with Crippen LogP contribution < -0.4 is 0 Å². The molecule has 3 heteroatoms. The van der Waals surface area contributed by atoms with Gasteiger partial charge in [-0.25, -0.2) is 4.98 Å². The third-order valence-electron chi connectivity index (χ3n) is 2.32. The molecule has 0 aromatic carbocycles. The topological polar surface area (TPSA) is 37.6 Å². The number of nitrogens with zero attached hydrogens (tertiary/aromatic N) is 3. The molecule has 1 aromatic rings.